The number of nitrogens with one attached hydrogen (secondary N) is 1. The van der Waals surface area contributed by atoms with Gasteiger partial charge in [-0.05, 0) is 46.1 Å². The molecule has 0 saturated carbocycles. The molecule has 0 radical (unpaired) electrons. The van der Waals surface area contributed by atoms with E-state index in [2.05, 4.69) is 29.3 Å². The van der Waals surface area contributed by atoms with Gasteiger partial charge in [0.2, 0.25) is 0 Å². The van der Waals surface area contributed by atoms with E-state index < -0.39 is 0 Å². The molecule has 1 heterocycles. The summed E-state index contributed by atoms with van der Waals surface area (Å²) in [6.07, 6.45) is 0.980. The third kappa shape index (κ3) is 3.61. The zero-order valence-corrected chi connectivity index (χ0v) is 11.8. The van der Waals surface area contributed by atoms with E-state index in [1.807, 2.05) is 25.1 Å². The molecule has 0 bridgehead atoms. The first-order valence-corrected chi connectivity index (χ1v) is 6.58. The second kappa shape index (κ2) is 5.93. The van der Waals surface area contributed by atoms with Crippen molar-refractivity contribution in [3.63, 3.8) is 0 Å². The minimum Gasteiger partial charge on any atom is -0.481 e. The number of fused-ring (bicyclic) bond motifs is 1. The number of hydrogen-bond donors (Lipinski definition) is 2. The topological polar surface area (TPSA) is 62.9 Å². The third-order valence-corrected chi connectivity index (χ3v) is 3.00. The van der Waals surface area contributed by atoms with Crippen molar-refractivity contribution in [2.45, 2.75) is 19.4 Å². The summed E-state index contributed by atoms with van der Waals surface area (Å²) in [5.41, 5.74) is 7.38. The Morgan fingerprint density at radius 3 is 2.95 bits per heavy atom. The first-order valence-electron chi connectivity index (χ1n) is 6.58. The summed E-state index contributed by atoms with van der Waals surface area (Å²) in [4.78, 5) is 6.74. The van der Waals surface area contributed by atoms with Crippen LogP contribution in [0.1, 0.15) is 13.3 Å². The van der Waals surface area contributed by atoms with Crippen LogP contribution in [0.3, 0.4) is 0 Å². The Hall–Kier alpha value is -1.75. The average molecular weight is 262 g/mol. The van der Waals surface area contributed by atoms with Crippen molar-refractivity contribution in [3.8, 4) is 5.75 Å². The number of benzene rings is 1. The van der Waals surface area contributed by atoms with Crippen LogP contribution in [-0.4, -0.2) is 44.0 Å². The summed E-state index contributed by atoms with van der Waals surface area (Å²) in [6, 6.07) is 5.61. The van der Waals surface area contributed by atoms with Crippen molar-refractivity contribution in [2.24, 2.45) is 4.99 Å². The van der Waals surface area contributed by atoms with Gasteiger partial charge in [-0.3, -0.25) is 4.99 Å². The molecule has 0 fully saturated rings. The van der Waals surface area contributed by atoms with Gasteiger partial charge in [0, 0.05) is 18.3 Å². The third-order valence-electron chi connectivity index (χ3n) is 3.00. The molecule has 1 aliphatic heterocycles. The molecule has 2 rings (SSSR count). The van der Waals surface area contributed by atoms with Crippen molar-refractivity contribution in [3.05, 3.63) is 18.2 Å². The van der Waals surface area contributed by atoms with Gasteiger partial charge in [-0.15, -0.1) is 0 Å². The number of aliphatic imine (C=N–C) groups is 1. The van der Waals surface area contributed by atoms with Crippen LogP contribution in [0.5, 0.6) is 5.75 Å². The van der Waals surface area contributed by atoms with Crippen molar-refractivity contribution >= 4 is 17.2 Å². The molecular weight excluding hydrogens is 240 g/mol. The molecule has 0 aromatic heterocycles. The highest BCUT2D eigenvalue weighted by Gasteiger charge is 2.21. The van der Waals surface area contributed by atoms with Crippen LogP contribution in [0.25, 0.3) is 0 Å². The average Bonchev–Trinajstić information content (AvgIpc) is 2.34. The molecule has 5 nitrogen and oxygen atoms in total. The molecule has 0 saturated heterocycles. The molecule has 1 aliphatic rings. The molecule has 0 spiro atoms. The van der Waals surface area contributed by atoms with Gasteiger partial charge in [-0.25, -0.2) is 0 Å². The van der Waals surface area contributed by atoms with E-state index >= 15 is 0 Å². The Morgan fingerprint density at radius 2 is 2.21 bits per heavy atom. The van der Waals surface area contributed by atoms with Crippen LogP contribution in [0.4, 0.5) is 11.4 Å². The maximum absolute atomic E-state index is 5.82. The first kappa shape index (κ1) is 13.7. The zero-order chi connectivity index (χ0) is 13.8. The van der Waals surface area contributed by atoms with Gasteiger partial charge in [-0.2, -0.15) is 0 Å². The smallest absolute Gasteiger partial charge is 0.153 e. The van der Waals surface area contributed by atoms with E-state index in [0.29, 0.717) is 5.69 Å². The zero-order valence-electron chi connectivity index (χ0n) is 11.8. The fourth-order valence-corrected chi connectivity index (χ4v) is 1.98. The van der Waals surface area contributed by atoms with Gasteiger partial charge < -0.3 is 20.7 Å². The molecular formula is C14H22N4O. The van der Waals surface area contributed by atoms with Crippen LogP contribution < -0.4 is 15.8 Å². The highest BCUT2D eigenvalue weighted by atomic mass is 16.5. The second-order valence-electron chi connectivity index (χ2n) is 5.06. The van der Waals surface area contributed by atoms with Gasteiger partial charge in [0.15, 0.2) is 6.10 Å². The minimum atomic E-state index is -0.0614. The van der Waals surface area contributed by atoms with Crippen LogP contribution in [0.15, 0.2) is 23.2 Å². The maximum Gasteiger partial charge on any atom is 0.153 e. The van der Waals surface area contributed by atoms with Crippen LogP contribution >= 0.6 is 0 Å². The number of amidine groups is 1. The summed E-state index contributed by atoms with van der Waals surface area (Å²) in [5.74, 6) is 1.68. The predicted octanol–water partition coefficient (Wildman–Crippen LogP) is 1.81. The number of nitrogens with zero attached hydrogens (tertiary/aromatic N) is 2. The van der Waals surface area contributed by atoms with E-state index in [9.17, 15) is 0 Å². The summed E-state index contributed by atoms with van der Waals surface area (Å²) >= 11 is 0. The summed E-state index contributed by atoms with van der Waals surface area (Å²) in [7, 11) is 4.14. The van der Waals surface area contributed by atoms with Gasteiger partial charge in [0.05, 0.1) is 5.69 Å². The Bertz CT molecular complexity index is 471. The molecule has 1 aromatic rings. The van der Waals surface area contributed by atoms with Crippen molar-refractivity contribution in [1.29, 1.82) is 0 Å². The van der Waals surface area contributed by atoms with E-state index in [1.54, 1.807) is 0 Å². The van der Waals surface area contributed by atoms with Crippen molar-refractivity contribution < 1.29 is 4.74 Å². The normalized spacial score (nSPS) is 20.0. The van der Waals surface area contributed by atoms with Crippen LogP contribution in [0.2, 0.25) is 0 Å². The van der Waals surface area contributed by atoms with Gasteiger partial charge in [0.25, 0.3) is 0 Å². The maximum atomic E-state index is 5.82. The monoisotopic (exact) mass is 262 g/mol. The Balaban J connectivity index is 2.00. The molecule has 3 N–H and O–H groups in total. The molecule has 19 heavy (non-hydrogen) atoms. The fourth-order valence-electron chi connectivity index (χ4n) is 1.98. The van der Waals surface area contributed by atoms with E-state index in [4.69, 9.17) is 10.5 Å². The molecule has 0 amide bonds. The number of anilines is 2. The SMILES string of the molecule is CC1Oc2cc(N)ccc2NC1=NCCCN(C)C. The molecule has 1 atom stereocenters. The van der Waals surface area contributed by atoms with Crippen molar-refractivity contribution in [2.75, 3.05) is 38.2 Å². The van der Waals surface area contributed by atoms with Crippen molar-refractivity contribution in [1.82, 2.24) is 4.90 Å². The lowest BCUT2D eigenvalue weighted by Crippen LogP contribution is -2.35. The lowest BCUT2D eigenvalue weighted by molar-refractivity contribution is 0.282. The van der Waals surface area contributed by atoms with E-state index in [-0.39, 0.29) is 6.10 Å². The standard InChI is InChI=1S/C14H22N4O/c1-10-14(16-7-4-8-18(2)3)17-12-6-5-11(15)9-13(12)19-10/h5-6,9-10H,4,7-8,15H2,1-3H3,(H,16,17). The number of hydrogen-bond acceptors (Lipinski definition) is 4. The number of rotatable bonds is 4. The number of ether oxygens (including phenoxy) is 1. The first-order chi connectivity index (χ1) is 9.06. The summed E-state index contributed by atoms with van der Waals surface area (Å²) in [5, 5.41) is 3.32. The largest absolute Gasteiger partial charge is 0.481 e. The highest BCUT2D eigenvalue weighted by molar-refractivity contribution is 6.01. The van der Waals surface area contributed by atoms with E-state index in [0.717, 1.165) is 36.8 Å². The lowest BCUT2D eigenvalue weighted by Gasteiger charge is -2.26. The quantitative estimate of drug-likeness (QED) is 0.641. The summed E-state index contributed by atoms with van der Waals surface area (Å²) < 4.78 is 5.82. The Kier molecular flexibility index (Phi) is 4.27. The minimum absolute atomic E-state index is 0.0614. The molecule has 1 unspecified atom stereocenters. The molecule has 1 aromatic carbocycles. The fraction of sp³-hybridized carbons (Fsp3) is 0.500. The number of nitrogen functional groups attached to an aromatic ring is 1. The molecule has 0 aliphatic carbocycles. The Labute approximate surface area is 114 Å². The van der Waals surface area contributed by atoms with Crippen LogP contribution in [-0.2, 0) is 0 Å². The van der Waals surface area contributed by atoms with E-state index in [1.165, 1.54) is 0 Å². The number of nitrogens with two attached hydrogens (primary N) is 1. The van der Waals surface area contributed by atoms with Gasteiger partial charge in [0.1, 0.15) is 11.6 Å². The predicted molar refractivity (Wildman–Crippen MR) is 80.0 cm³/mol. The van der Waals surface area contributed by atoms with Gasteiger partial charge >= 0.3 is 0 Å². The highest BCUT2D eigenvalue weighted by Crippen LogP contribution is 2.31. The van der Waals surface area contributed by atoms with Crippen LogP contribution in [0, 0.1) is 0 Å². The summed E-state index contributed by atoms with van der Waals surface area (Å²) in [6.45, 7) is 3.83. The second-order valence-corrected chi connectivity index (χ2v) is 5.06. The lowest BCUT2D eigenvalue weighted by atomic mass is 10.2. The Morgan fingerprint density at radius 1 is 1.42 bits per heavy atom. The molecule has 5 heteroatoms. The van der Waals surface area contributed by atoms with Gasteiger partial charge in [-0.1, -0.05) is 0 Å². The molecule has 104 valence electrons.